The predicted molar refractivity (Wildman–Crippen MR) is 95.8 cm³/mol. The Balaban J connectivity index is 2.08. The van der Waals surface area contributed by atoms with Crippen molar-refractivity contribution in [3.8, 4) is 18.1 Å². The van der Waals surface area contributed by atoms with E-state index in [1.54, 1.807) is 12.1 Å². The molecule has 1 N–H and O–H groups in total. The first-order chi connectivity index (χ1) is 12.2. The second-order valence-corrected chi connectivity index (χ2v) is 5.48. The number of hydrogen-bond donors (Lipinski definition) is 1. The van der Waals surface area contributed by atoms with E-state index in [1.807, 2.05) is 30.3 Å². The third-order valence-electron chi connectivity index (χ3n) is 3.99. The maximum Gasteiger partial charge on any atom is 0.337 e. The van der Waals surface area contributed by atoms with Gasteiger partial charge in [-0.2, -0.15) is 0 Å². The highest BCUT2D eigenvalue weighted by Crippen LogP contribution is 2.31. The molecule has 0 aliphatic heterocycles. The minimum atomic E-state index is -1.03. The number of terminal acetylenes is 1. The fourth-order valence-electron chi connectivity index (χ4n) is 2.91. The average Bonchev–Trinajstić information content (AvgIpc) is 2.63. The molecule has 5 heteroatoms. The van der Waals surface area contributed by atoms with Gasteiger partial charge in [0.25, 0.3) is 0 Å². The van der Waals surface area contributed by atoms with Crippen molar-refractivity contribution in [3.05, 3.63) is 54.1 Å². The number of nitrogens with zero attached hydrogens (tertiary/aromatic N) is 2. The molecule has 0 unspecified atom stereocenters. The molecule has 0 saturated carbocycles. The lowest BCUT2D eigenvalue weighted by atomic mass is 10.1. The van der Waals surface area contributed by atoms with E-state index in [4.69, 9.17) is 11.2 Å². The summed E-state index contributed by atoms with van der Waals surface area (Å²) in [6.07, 6.45) is 5.27. The average molecular weight is 328 g/mol. The summed E-state index contributed by atoms with van der Waals surface area (Å²) >= 11 is 0. The van der Waals surface area contributed by atoms with Crippen molar-refractivity contribution in [2.75, 3.05) is 6.61 Å². The molecular formula is C20H12N2O3. The summed E-state index contributed by atoms with van der Waals surface area (Å²) in [5.41, 5.74) is 2.36. The third-order valence-corrected chi connectivity index (χ3v) is 3.99. The highest BCUT2D eigenvalue weighted by molar-refractivity contribution is 6.10. The Morgan fingerprint density at radius 1 is 1.00 bits per heavy atom. The fraction of sp³-hybridized carbons (Fsp3) is 0.0500. The van der Waals surface area contributed by atoms with Gasteiger partial charge in [0.15, 0.2) is 0 Å². The number of para-hydroxylation sites is 1. The highest BCUT2D eigenvalue weighted by atomic mass is 16.5. The Morgan fingerprint density at radius 2 is 1.80 bits per heavy atom. The Bertz CT molecular complexity index is 1190. The Kier molecular flexibility index (Phi) is 3.44. The summed E-state index contributed by atoms with van der Waals surface area (Å²) in [7, 11) is 0. The van der Waals surface area contributed by atoms with Crippen LogP contribution in [0.3, 0.4) is 0 Å². The molecule has 0 radical (unpaired) electrons. The van der Waals surface area contributed by atoms with Crippen LogP contribution in [0.2, 0.25) is 0 Å². The number of aromatic carboxylic acids is 1. The molecule has 0 aliphatic carbocycles. The topological polar surface area (TPSA) is 72.3 Å². The van der Waals surface area contributed by atoms with E-state index in [2.05, 4.69) is 15.9 Å². The quantitative estimate of drug-likeness (QED) is 0.353. The first kappa shape index (κ1) is 14.9. The van der Waals surface area contributed by atoms with Crippen molar-refractivity contribution < 1.29 is 14.6 Å². The van der Waals surface area contributed by atoms with Crippen molar-refractivity contribution in [1.29, 1.82) is 0 Å². The lowest BCUT2D eigenvalue weighted by Gasteiger charge is -2.10. The van der Waals surface area contributed by atoms with Gasteiger partial charge in [0.1, 0.15) is 17.9 Å². The van der Waals surface area contributed by atoms with Crippen LogP contribution in [-0.2, 0) is 0 Å². The van der Waals surface area contributed by atoms with Crippen LogP contribution < -0.4 is 4.74 Å². The summed E-state index contributed by atoms with van der Waals surface area (Å²) in [6, 6.07) is 14.3. The molecule has 0 fully saturated rings. The molecule has 0 saturated heterocycles. The Morgan fingerprint density at radius 3 is 2.60 bits per heavy atom. The smallest absolute Gasteiger partial charge is 0.337 e. The maximum absolute atomic E-state index is 11.5. The van der Waals surface area contributed by atoms with Crippen molar-refractivity contribution in [2.24, 2.45) is 0 Å². The molecule has 1 heterocycles. The molecule has 3 aromatic carbocycles. The van der Waals surface area contributed by atoms with E-state index < -0.39 is 5.97 Å². The highest BCUT2D eigenvalue weighted by Gasteiger charge is 2.13. The largest absolute Gasteiger partial charge is 0.480 e. The molecule has 5 nitrogen and oxygen atoms in total. The maximum atomic E-state index is 11.5. The van der Waals surface area contributed by atoms with Crippen molar-refractivity contribution >= 4 is 38.8 Å². The number of carbonyl (C=O) groups is 1. The number of ether oxygens (including phenoxy) is 1. The minimum Gasteiger partial charge on any atom is -0.480 e. The number of fused-ring (bicyclic) bond motifs is 4. The molecule has 1 aromatic heterocycles. The lowest BCUT2D eigenvalue weighted by Crippen LogP contribution is -2.00. The van der Waals surface area contributed by atoms with Crippen LogP contribution in [0.15, 0.2) is 48.5 Å². The van der Waals surface area contributed by atoms with E-state index in [9.17, 15) is 9.90 Å². The van der Waals surface area contributed by atoms with Gasteiger partial charge in [-0.05, 0) is 30.3 Å². The normalized spacial score (nSPS) is 10.8. The van der Waals surface area contributed by atoms with Gasteiger partial charge in [-0.15, -0.1) is 6.42 Å². The van der Waals surface area contributed by atoms with Crippen LogP contribution in [0.5, 0.6) is 5.75 Å². The number of hydrogen-bond acceptors (Lipinski definition) is 4. The monoisotopic (exact) mass is 328 g/mol. The number of rotatable bonds is 3. The molecular weight excluding hydrogens is 316 g/mol. The SMILES string of the molecule is C#CCOc1cccc2c1ccc1nc3cccc(C(=O)O)c3nc12. The first-order valence-corrected chi connectivity index (χ1v) is 7.61. The molecule has 4 aromatic rings. The number of carboxylic acids is 1. The van der Waals surface area contributed by atoms with Gasteiger partial charge in [0.2, 0.25) is 0 Å². The zero-order chi connectivity index (χ0) is 17.4. The summed E-state index contributed by atoms with van der Waals surface area (Å²) in [6.45, 7) is 0.170. The van der Waals surface area contributed by atoms with Crippen molar-refractivity contribution in [3.63, 3.8) is 0 Å². The van der Waals surface area contributed by atoms with Gasteiger partial charge in [-0.3, -0.25) is 0 Å². The first-order valence-electron chi connectivity index (χ1n) is 7.61. The third kappa shape index (κ3) is 2.41. The van der Waals surface area contributed by atoms with E-state index in [0.29, 0.717) is 27.8 Å². The van der Waals surface area contributed by atoms with E-state index in [-0.39, 0.29) is 12.2 Å². The van der Waals surface area contributed by atoms with Crippen LogP contribution in [-0.4, -0.2) is 27.7 Å². The number of aromatic nitrogens is 2. The van der Waals surface area contributed by atoms with Crippen LogP contribution in [0.1, 0.15) is 10.4 Å². The number of benzene rings is 3. The molecule has 0 aliphatic rings. The van der Waals surface area contributed by atoms with Crippen LogP contribution in [0.25, 0.3) is 32.8 Å². The van der Waals surface area contributed by atoms with Crippen LogP contribution in [0.4, 0.5) is 0 Å². The molecule has 0 spiro atoms. The van der Waals surface area contributed by atoms with Crippen LogP contribution >= 0.6 is 0 Å². The molecule has 0 amide bonds. The predicted octanol–water partition coefficient (Wildman–Crippen LogP) is 3.65. The lowest BCUT2D eigenvalue weighted by molar-refractivity contribution is 0.0699. The molecule has 25 heavy (non-hydrogen) atoms. The van der Waals surface area contributed by atoms with E-state index >= 15 is 0 Å². The Hall–Kier alpha value is -3.65. The standard InChI is InChI=1S/C20H12N2O3/c1-2-11-25-17-8-4-5-13-12(17)9-10-16-18(13)22-19-14(20(23)24)6-3-7-15(19)21-16/h1,3-10H,11H2,(H,23,24). The summed E-state index contributed by atoms with van der Waals surface area (Å²) in [4.78, 5) is 20.7. The van der Waals surface area contributed by atoms with Gasteiger partial charge in [0, 0.05) is 10.8 Å². The Labute approximate surface area is 142 Å². The van der Waals surface area contributed by atoms with Crippen molar-refractivity contribution in [1.82, 2.24) is 9.97 Å². The number of carboxylic acid groups (broad SMARTS) is 1. The zero-order valence-corrected chi connectivity index (χ0v) is 13.1. The zero-order valence-electron chi connectivity index (χ0n) is 13.1. The molecule has 4 rings (SSSR count). The van der Waals surface area contributed by atoms with Gasteiger partial charge in [-0.25, -0.2) is 14.8 Å². The second-order valence-electron chi connectivity index (χ2n) is 5.48. The van der Waals surface area contributed by atoms with Crippen LogP contribution in [0, 0.1) is 12.3 Å². The second kappa shape index (κ2) is 5.77. The van der Waals surface area contributed by atoms with E-state index in [1.165, 1.54) is 6.07 Å². The summed E-state index contributed by atoms with van der Waals surface area (Å²) in [5, 5.41) is 11.1. The fourth-order valence-corrected chi connectivity index (χ4v) is 2.91. The summed E-state index contributed by atoms with van der Waals surface area (Å²) in [5.74, 6) is 2.07. The van der Waals surface area contributed by atoms with Gasteiger partial charge < -0.3 is 9.84 Å². The van der Waals surface area contributed by atoms with E-state index in [0.717, 1.165) is 10.8 Å². The van der Waals surface area contributed by atoms with Gasteiger partial charge >= 0.3 is 5.97 Å². The summed E-state index contributed by atoms with van der Waals surface area (Å²) < 4.78 is 5.59. The molecule has 120 valence electrons. The minimum absolute atomic E-state index is 0.128. The molecule has 0 bridgehead atoms. The molecule has 0 atom stereocenters. The van der Waals surface area contributed by atoms with Gasteiger partial charge in [-0.1, -0.05) is 24.1 Å². The van der Waals surface area contributed by atoms with Crippen molar-refractivity contribution in [2.45, 2.75) is 0 Å². The van der Waals surface area contributed by atoms with Gasteiger partial charge in [0.05, 0.1) is 22.1 Å².